The lowest BCUT2D eigenvalue weighted by atomic mass is 10.0. The van der Waals surface area contributed by atoms with Crippen molar-refractivity contribution < 1.29 is 14.3 Å². The fraction of sp³-hybridized carbons (Fsp3) is 0.391. The van der Waals surface area contributed by atoms with E-state index in [4.69, 9.17) is 14.7 Å². The molecule has 0 aliphatic heterocycles. The molecule has 0 amide bonds. The number of nitriles is 1. The molecule has 1 aliphatic carbocycles. The molecule has 146 valence electrons. The fourth-order valence-electron chi connectivity index (χ4n) is 3.53. The number of hydrogen-bond donors (Lipinski definition) is 1. The van der Waals surface area contributed by atoms with Gasteiger partial charge in [-0.3, -0.25) is 0 Å². The maximum Gasteiger partial charge on any atom is 0.333 e. The lowest BCUT2D eigenvalue weighted by molar-refractivity contribution is -0.141. The van der Waals surface area contributed by atoms with Crippen molar-refractivity contribution in [3.8, 4) is 11.8 Å². The molecule has 1 saturated carbocycles. The zero-order valence-electron chi connectivity index (χ0n) is 16.4. The molecule has 0 radical (unpaired) electrons. The van der Waals surface area contributed by atoms with Crippen molar-refractivity contribution in [2.45, 2.75) is 51.2 Å². The van der Waals surface area contributed by atoms with Crippen molar-refractivity contribution in [1.29, 1.82) is 5.26 Å². The number of aryl methyl sites for hydroxylation is 1. The van der Waals surface area contributed by atoms with Crippen LogP contribution in [0.3, 0.4) is 0 Å². The van der Waals surface area contributed by atoms with Gasteiger partial charge in [0.1, 0.15) is 5.75 Å². The Balaban J connectivity index is 1.95. The second-order valence-electron chi connectivity index (χ2n) is 7.04. The quantitative estimate of drug-likeness (QED) is 0.703. The van der Waals surface area contributed by atoms with Crippen molar-refractivity contribution >= 4 is 11.7 Å². The van der Waals surface area contributed by atoms with Crippen LogP contribution in [0.2, 0.25) is 0 Å². The Labute approximate surface area is 166 Å². The molecule has 1 aliphatic rings. The van der Waals surface area contributed by atoms with Crippen LogP contribution < -0.4 is 10.1 Å². The summed E-state index contributed by atoms with van der Waals surface area (Å²) in [5, 5.41) is 12.2. The number of anilines is 1. The van der Waals surface area contributed by atoms with Gasteiger partial charge in [0, 0.05) is 11.3 Å². The van der Waals surface area contributed by atoms with Crippen LogP contribution in [-0.4, -0.2) is 19.2 Å². The highest BCUT2D eigenvalue weighted by molar-refractivity contribution is 5.82. The molecule has 0 heterocycles. The first-order valence-electron chi connectivity index (χ1n) is 9.78. The third-order valence-corrected chi connectivity index (χ3v) is 5.15. The Morgan fingerprint density at radius 3 is 2.54 bits per heavy atom. The first kappa shape index (κ1) is 19.8. The van der Waals surface area contributed by atoms with E-state index in [1.54, 1.807) is 24.3 Å². The van der Waals surface area contributed by atoms with Crippen molar-refractivity contribution in [3.05, 3.63) is 59.2 Å². The van der Waals surface area contributed by atoms with Gasteiger partial charge in [-0.15, -0.1) is 0 Å². The molecule has 3 rings (SSSR count). The summed E-state index contributed by atoms with van der Waals surface area (Å²) >= 11 is 0. The van der Waals surface area contributed by atoms with Gasteiger partial charge < -0.3 is 14.8 Å². The summed E-state index contributed by atoms with van der Waals surface area (Å²) in [5.41, 5.74) is 3.22. The van der Waals surface area contributed by atoms with Gasteiger partial charge in [-0.2, -0.15) is 5.26 Å². The van der Waals surface area contributed by atoms with Gasteiger partial charge in [0.15, 0.2) is 6.04 Å². The molecule has 0 saturated heterocycles. The maximum absolute atomic E-state index is 12.6. The largest absolute Gasteiger partial charge is 0.490 e. The Bertz CT molecular complexity index is 849. The minimum absolute atomic E-state index is 0.194. The molecule has 1 fully saturated rings. The number of carbonyl (C=O) groups excluding carboxylic acids is 1. The molecule has 5 heteroatoms. The molecule has 0 spiro atoms. The number of methoxy groups -OCH3 is 1. The predicted octanol–water partition coefficient (Wildman–Crippen LogP) is 4.77. The fourth-order valence-corrected chi connectivity index (χ4v) is 3.53. The van der Waals surface area contributed by atoms with Gasteiger partial charge in [-0.1, -0.05) is 13.0 Å². The lowest BCUT2D eigenvalue weighted by Crippen LogP contribution is -2.24. The number of hydrogen-bond acceptors (Lipinski definition) is 5. The Kier molecular flexibility index (Phi) is 6.54. The van der Waals surface area contributed by atoms with Crippen LogP contribution in [-0.2, 0) is 16.0 Å². The third kappa shape index (κ3) is 4.64. The van der Waals surface area contributed by atoms with E-state index in [-0.39, 0.29) is 12.1 Å². The number of carbonyl (C=O) groups is 1. The summed E-state index contributed by atoms with van der Waals surface area (Å²) in [6.07, 6.45) is 5.50. The molecule has 28 heavy (non-hydrogen) atoms. The van der Waals surface area contributed by atoms with Gasteiger partial charge >= 0.3 is 5.97 Å². The first-order valence-corrected chi connectivity index (χ1v) is 9.78. The van der Waals surface area contributed by atoms with Crippen LogP contribution in [0.4, 0.5) is 5.69 Å². The topological polar surface area (TPSA) is 71.3 Å². The minimum Gasteiger partial charge on any atom is -0.490 e. The van der Waals surface area contributed by atoms with E-state index in [0.717, 1.165) is 41.8 Å². The summed E-state index contributed by atoms with van der Waals surface area (Å²) in [5.74, 6) is 0.342. The molecule has 1 atom stereocenters. The van der Waals surface area contributed by atoms with Gasteiger partial charge in [-0.25, -0.2) is 4.79 Å². The summed E-state index contributed by atoms with van der Waals surface area (Å²) in [6.45, 7) is 2.08. The standard InChI is InChI=1S/C23H26N2O3/c1-3-16-10-13-21(28-19-6-4-5-7-19)20(14-16)22(23(26)27-2)25-18-11-8-17(15-24)9-12-18/h8-14,19,22,25H,3-7H2,1-2H3. The molecule has 2 aromatic rings. The Morgan fingerprint density at radius 1 is 1.21 bits per heavy atom. The Hall–Kier alpha value is -3.00. The number of esters is 1. The molecular weight excluding hydrogens is 352 g/mol. The average Bonchev–Trinajstić information content (AvgIpc) is 3.25. The number of ether oxygens (including phenoxy) is 2. The van der Waals surface area contributed by atoms with E-state index in [0.29, 0.717) is 5.56 Å². The molecule has 1 N–H and O–H groups in total. The van der Waals surface area contributed by atoms with E-state index in [9.17, 15) is 4.79 Å². The molecule has 0 bridgehead atoms. The smallest absolute Gasteiger partial charge is 0.333 e. The average molecular weight is 378 g/mol. The van der Waals surface area contributed by atoms with Gasteiger partial charge in [0.2, 0.25) is 0 Å². The highest BCUT2D eigenvalue weighted by Gasteiger charge is 2.27. The van der Waals surface area contributed by atoms with E-state index < -0.39 is 6.04 Å². The van der Waals surface area contributed by atoms with Crippen LogP contribution in [0, 0.1) is 11.3 Å². The van der Waals surface area contributed by atoms with Crippen LogP contribution in [0.1, 0.15) is 55.3 Å². The second kappa shape index (κ2) is 9.27. The molecule has 0 aromatic heterocycles. The third-order valence-electron chi connectivity index (χ3n) is 5.15. The van der Waals surface area contributed by atoms with E-state index in [1.165, 1.54) is 20.0 Å². The molecule has 1 unspecified atom stereocenters. The van der Waals surface area contributed by atoms with E-state index in [1.807, 2.05) is 18.2 Å². The minimum atomic E-state index is -0.694. The van der Waals surface area contributed by atoms with Crippen LogP contribution in [0.15, 0.2) is 42.5 Å². The van der Waals surface area contributed by atoms with Crippen molar-refractivity contribution in [3.63, 3.8) is 0 Å². The maximum atomic E-state index is 12.6. The zero-order valence-corrected chi connectivity index (χ0v) is 16.4. The first-order chi connectivity index (χ1) is 13.6. The van der Waals surface area contributed by atoms with E-state index in [2.05, 4.69) is 18.3 Å². The second-order valence-corrected chi connectivity index (χ2v) is 7.04. The van der Waals surface area contributed by atoms with Gasteiger partial charge in [0.05, 0.1) is 24.8 Å². The lowest BCUT2D eigenvalue weighted by Gasteiger charge is -2.23. The summed E-state index contributed by atoms with van der Waals surface area (Å²) in [7, 11) is 1.39. The van der Waals surface area contributed by atoms with Crippen molar-refractivity contribution in [1.82, 2.24) is 0 Å². The number of rotatable bonds is 7. The van der Waals surface area contributed by atoms with Crippen LogP contribution in [0.25, 0.3) is 0 Å². The molecule has 5 nitrogen and oxygen atoms in total. The monoisotopic (exact) mass is 378 g/mol. The summed E-state index contributed by atoms with van der Waals surface area (Å²) < 4.78 is 11.3. The van der Waals surface area contributed by atoms with Gasteiger partial charge in [-0.05, 0) is 74.1 Å². The number of nitrogens with zero attached hydrogens (tertiary/aromatic N) is 1. The molecule has 2 aromatic carbocycles. The van der Waals surface area contributed by atoms with Crippen molar-refractivity contribution in [2.24, 2.45) is 0 Å². The van der Waals surface area contributed by atoms with Crippen LogP contribution in [0.5, 0.6) is 5.75 Å². The summed E-state index contributed by atoms with van der Waals surface area (Å²) in [6, 6.07) is 14.4. The Morgan fingerprint density at radius 2 is 1.93 bits per heavy atom. The zero-order chi connectivity index (χ0) is 19.9. The number of nitrogens with one attached hydrogen (secondary N) is 1. The number of benzene rings is 2. The SMILES string of the molecule is CCc1ccc(OC2CCCC2)c(C(Nc2ccc(C#N)cc2)C(=O)OC)c1. The summed E-state index contributed by atoms with van der Waals surface area (Å²) in [4.78, 5) is 12.6. The normalized spacial score (nSPS) is 14.9. The van der Waals surface area contributed by atoms with Crippen LogP contribution >= 0.6 is 0 Å². The van der Waals surface area contributed by atoms with E-state index >= 15 is 0 Å². The molecular formula is C23H26N2O3. The highest BCUT2D eigenvalue weighted by atomic mass is 16.5. The predicted molar refractivity (Wildman–Crippen MR) is 108 cm³/mol. The highest BCUT2D eigenvalue weighted by Crippen LogP contribution is 2.33. The van der Waals surface area contributed by atoms with Crippen molar-refractivity contribution in [2.75, 3.05) is 12.4 Å². The van der Waals surface area contributed by atoms with Gasteiger partial charge in [0.25, 0.3) is 0 Å².